The summed E-state index contributed by atoms with van der Waals surface area (Å²) in [6.07, 6.45) is 0. The minimum Gasteiger partial charge on any atom is -0.465 e. The van der Waals surface area contributed by atoms with Gasteiger partial charge in [-0.2, -0.15) is 0 Å². The lowest BCUT2D eigenvalue weighted by molar-refractivity contribution is 0.0601. The monoisotopic (exact) mass is 382 g/mol. The molecule has 0 aliphatic heterocycles. The van der Waals surface area contributed by atoms with Crippen LogP contribution in [0.4, 0.5) is 5.69 Å². The van der Waals surface area contributed by atoms with Crippen LogP contribution in [-0.4, -0.2) is 26.5 Å². The van der Waals surface area contributed by atoms with Gasteiger partial charge >= 0.3 is 11.7 Å². The van der Waals surface area contributed by atoms with Gasteiger partial charge in [-0.25, -0.2) is 18.0 Å². The van der Waals surface area contributed by atoms with Gasteiger partial charge < -0.3 is 9.15 Å². The highest BCUT2D eigenvalue weighted by Crippen LogP contribution is 2.24. The molecule has 1 heterocycles. The van der Waals surface area contributed by atoms with Crippen LogP contribution in [0.15, 0.2) is 50.5 Å². The molecule has 0 atom stereocenters. The van der Waals surface area contributed by atoms with Crippen molar-refractivity contribution in [1.82, 2.24) is 4.98 Å². The van der Waals surface area contributed by atoms with Gasteiger partial charge in [-0.05, 0) is 30.3 Å². The molecule has 0 saturated carbocycles. The van der Waals surface area contributed by atoms with E-state index in [1.165, 1.54) is 43.5 Å². The number of hydrogen-bond donors (Lipinski definition) is 2. The number of nitrogens with one attached hydrogen (secondary N) is 2. The minimum absolute atomic E-state index is 0.0245. The summed E-state index contributed by atoms with van der Waals surface area (Å²) in [5.74, 6) is -1.38. The molecule has 0 spiro atoms. The molecule has 8 nitrogen and oxygen atoms in total. The van der Waals surface area contributed by atoms with Crippen molar-refractivity contribution in [2.45, 2.75) is 4.90 Å². The fourth-order valence-corrected chi connectivity index (χ4v) is 3.42. The SMILES string of the molecule is COC(=O)c1cc(NS(=O)(=O)c2ccc3[nH]c(=O)oc3c2)ccc1Cl. The molecule has 0 bridgehead atoms. The Morgan fingerprint density at radius 2 is 2.00 bits per heavy atom. The predicted molar refractivity (Wildman–Crippen MR) is 90.4 cm³/mol. The van der Waals surface area contributed by atoms with E-state index in [9.17, 15) is 18.0 Å². The number of aromatic amines is 1. The molecule has 0 fully saturated rings. The molecule has 1 aromatic heterocycles. The van der Waals surface area contributed by atoms with Crippen LogP contribution >= 0.6 is 11.6 Å². The third kappa shape index (κ3) is 3.37. The molecule has 2 N–H and O–H groups in total. The van der Waals surface area contributed by atoms with Crippen LogP contribution in [0.25, 0.3) is 11.1 Å². The molecule has 0 aliphatic rings. The number of carbonyl (C=O) groups excluding carboxylic acids is 1. The van der Waals surface area contributed by atoms with Crippen LogP contribution in [0.1, 0.15) is 10.4 Å². The van der Waals surface area contributed by atoms with Crippen LogP contribution in [0.5, 0.6) is 0 Å². The summed E-state index contributed by atoms with van der Waals surface area (Å²) in [6.45, 7) is 0. The normalized spacial score (nSPS) is 11.4. The van der Waals surface area contributed by atoms with Crippen molar-refractivity contribution in [3.8, 4) is 0 Å². The van der Waals surface area contributed by atoms with Crippen molar-refractivity contribution in [2.24, 2.45) is 0 Å². The number of halogens is 1. The molecule has 10 heteroatoms. The fraction of sp³-hybridized carbons (Fsp3) is 0.0667. The van der Waals surface area contributed by atoms with E-state index >= 15 is 0 Å². The maximum absolute atomic E-state index is 12.5. The highest BCUT2D eigenvalue weighted by atomic mass is 35.5. The molecule has 0 saturated heterocycles. The van der Waals surface area contributed by atoms with E-state index < -0.39 is 21.7 Å². The average Bonchev–Trinajstić information content (AvgIpc) is 2.94. The molecule has 0 radical (unpaired) electrons. The summed E-state index contributed by atoms with van der Waals surface area (Å²) in [7, 11) is -2.79. The standard InChI is InChI=1S/C15H11ClN2O6S/c1-23-14(19)10-6-8(2-4-11(10)16)18-25(21,22)9-3-5-12-13(7-9)24-15(20)17-12/h2-7,18H,1H3,(H,17,20). The Morgan fingerprint density at radius 3 is 2.72 bits per heavy atom. The molecule has 3 aromatic rings. The first-order valence-electron chi connectivity index (χ1n) is 6.84. The van der Waals surface area contributed by atoms with E-state index in [2.05, 4.69) is 14.4 Å². The lowest BCUT2D eigenvalue weighted by Gasteiger charge is -2.10. The van der Waals surface area contributed by atoms with Crippen molar-refractivity contribution >= 4 is 44.4 Å². The third-order valence-corrected chi connectivity index (χ3v) is 5.04. The second kappa shape index (κ2) is 6.26. The number of anilines is 1. The first-order valence-corrected chi connectivity index (χ1v) is 8.70. The summed E-state index contributed by atoms with van der Waals surface area (Å²) >= 11 is 5.90. The molecule has 25 heavy (non-hydrogen) atoms. The van der Waals surface area contributed by atoms with Gasteiger partial charge in [-0.1, -0.05) is 11.6 Å². The maximum Gasteiger partial charge on any atom is 0.417 e. The molecule has 2 aromatic carbocycles. The van der Waals surface area contributed by atoms with Crippen LogP contribution < -0.4 is 10.5 Å². The number of rotatable bonds is 4. The summed E-state index contributed by atoms with van der Waals surface area (Å²) in [5.41, 5.74) is 0.638. The molecule has 0 aliphatic carbocycles. The molecule has 3 rings (SSSR count). The molecule has 0 amide bonds. The van der Waals surface area contributed by atoms with Crippen LogP contribution in [0, 0.1) is 0 Å². The second-order valence-electron chi connectivity index (χ2n) is 4.96. The van der Waals surface area contributed by atoms with Gasteiger partial charge in [0.15, 0.2) is 5.58 Å². The molecule has 0 unspecified atom stereocenters. The van der Waals surface area contributed by atoms with Crippen molar-refractivity contribution in [1.29, 1.82) is 0 Å². The minimum atomic E-state index is -3.98. The largest absolute Gasteiger partial charge is 0.465 e. The van der Waals surface area contributed by atoms with Crippen molar-refractivity contribution in [3.63, 3.8) is 0 Å². The van der Waals surface area contributed by atoms with Crippen LogP contribution in [0.2, 0.25) is 5.02 Å². The zero-order valence-electron chi connectivity index (χ0n) is 12.7. The zero-order chi connectivity index (χ0) is 18.2. The Balaban J connectivity index is 1.97. The van der Waals surface area contributed by atoms with Gasteiger partial charge in [-0.15, -0.1) is 0 Å². The Hall–Kier alpha value is -2.78. The summed E-state index contributed by atoms with van der Waals surface area (Å²) in [5, 5.41) is 0.130. The number of fused-ring (bicyclic) bond motifs is 1. The van der Waals surface area contributed by atoms with Crippen LogP contribution in [0.3, 0.4) is 0 Å². The highest BCUT2D eigenvalue weighted by Gasteiger charge is 2.18. The van der Waals surface area contributed by atoms with Crippen LogP contribution in [-0.2, 0) is 14.8 Å². The second-order valence-corrected chi connectivity index (χ2v) is 7.05. The number of hydrogen-bond acceptors (Lipinski definition) is 6. The Bertz CT molecular complexity index is 1130. The number of carbonyl (C=O) groups is 1. The number of oxazole rings is 1. The van der Waals surface area contributed by atoms with E-state index in [0.717, 1.165) is 0 Å². The van der Waals surface area contributed by atoms with E-state index in [1.54, 1.807) is 0 Å². The Morgan fingerprint density at radius 1 is 1.24 bits per heavy atom. The number of methoxy groups -OCH3 is 1. The highest BCUT2D eigenvalue weighted by molar-refractivity contribution is 7.92. The van der Waals surface area contributed by atoms with Gasteiger partial charge in [0, 0.05) is 11.8 Å². The van der Waals surface area contributed by atoms with Gasteiger partial charge in [0.2, 0.25) is 0 Å². The van der Waals surface area contributed by atoms with E-state index in [1.807, 2.05) is 0 Å². The quantitative estimate of drug-likeness (QED) is 0.668. The fourth-order valence-electron chi connectivity index (χ4n) is 2.16. The van der Waals surface area contributed by atoms with E-state index in [-0.39, 0.29) is 26.8 Å². The maximum atomic E-state index is 12.5. The summed E-state index contributed by atoms with van der Waals surface area (Å²) < 4.78 is 36.8. The average molecular weight is 383 g/mol. The molecule has 130 valence electrons. The zero-order valence-corrected chi connectivity index (χ0v) is 14.3. The molecular weight excluding hydrogens is 372 g/mol. The van der Waals surface area contributed by atoms with Gasteiger partial charge in [0.05, 0.1) is 28.1 Å². The van der Waals surface area contributed by atoms with Crippen molar-refractivity contribution < 1.29 is 22.4 Å². The number of esters is 1. The van der Waals surface area contributed by atoms with Gasteiger partial charge in [0.25, 0.3) is 10.0 Å². The Kier molecular flexibility index (Phi) is 4.27. The summed E-state index contributed by atoms with van der Waals surface area (Å²) in [4.78, 5) is 25.1. The van der Waals surface area contributed by atoms with Gasteiger partial charge in [-0.3, -0.25) is 9.71 Å². The smallest absolute Gasteiger partial charge is 0.417 e. The summed E-state index contributed by atoms with van der Waals surface area (Å²) in [6, 6.07) is 7.98. The van der Waals surface area contributed by atoms with E-state index in [0.29, 0.717) is 5.52 Å². The van der Waals surface area contributed by atoms with Crippen molar-refractivity contribution in [3.05, 3.63) is 57.5 Å². The first kappa shape index (κ1) is 17.1. The number of aromatic nitrogens is 1. The Labute approximate surface area is 146 Å². The van der Waals surface area contributed by atoms with E-state index in [4.69, 9.17) is 16.0 Å². The predicted octanol–water partition coefficient (Wildman–Crippen LogP) is 2.36. The lowest BCUT2D eigenvalue weighted by Crippen LogP contribution is -2.13. The topological polar surface area (TPSA) is 118 Å². The van der Waals surface area contributed by atoms with Gasteiger partial charge in [0.1, 0.15) is 0 Å². The third-order valence-electron chi connectivity index (χ3n) is 3.33. The number of ether oxygens (including phenoxy) is 1. The number of benzene rings is 2. The number of H-pyrrole nitrogens is 1. The lowest BCUT2D eigenvalue weighted by atomic mass is 10.2. The molecular formula is C15H11ClN2O6S. The van der Waals surface area contributed by atoms with Crippen molar-refractivity contribution in [2.75, 3.05) is 11.8 Å². The number of sulfonamides is 1. The first-order chi connectivity index (χ1) is 11.8.